The third-order valence-corrected chi connectivity index (χ3v) is 5.03. The van der Waals surface area contributed by atoms with Gasteiger partial charge in [-0.15, -0.1) is 0 Å². The van der Waals surface area contributed by atoms with Crippen molar-refractivity contribution < 1.29 is 23.8 Å². The highest BCUT2D eigenvalue weighted by atomic mass is 19.1. The molecule has 156 valence electrons. The van der Waals surface area contributed by atoms with Crippen LogP contribution >= 0.6 is 0 Å². The lowest BCUT2D eigenvalue weighted by atomic mass is 9.95. The molecule has 0 aromatic heterocycles. The second kappa shape index (κ2) is 8.03. The Morgan fingerprint density at radius 3 is 2.66 bits per heavy atom. The van der Waals surface area contributed by atoms with Gasteiger partial charge in [0.25, 0.3) is 0 Å². The zero-order chi connectivity index (χ0) is 21.3. The summed E-state index contributed by atoms with van der Waals surface area (Å²) in [6, 6.07) is 8.38. The summed E-state index contributed by atoms with van der Waals surface area (Å²) in [6.45, 7) is 6.39. The van der Waals surface area contributed by atoms with Crippen molar-refractivity contribution in [3.8, 4) is 11.5 Å². The Bertz CT molecular complexity index is 923. The van der Waals surface area contributed by atoms with E-state index < -0.39 is 11.9 Å². The van der Waals surface area contributed by atoms with Gasteiger partial charge in [-0.2, -0.15) is 0 Å². The second-order valence-electron chi connectivity index (χ2n) is 8.54. The zero-order valence-electron chi connectivity index (χ0n) is 17.6. The predicted octanol–water partition coefficient (Wildman–Crippen LogP) is 4.37. The fraction of sp³-hybridized carbons (Fsp3) is 0.435. The van der Waals surface area contributed by atoms with E-state index in [-0.39, 0.29) is 18.0 Å². The SMILES string of the molecule is CC(C(=O)O)c1ccc(OCc2cc(F)cc3c2OC(C)(C)C3)cc1CN(C)C. The molecule has 0 spiro atoms. The number of ether oxygens (including phenoxy) is 2. The molecule has 1 aliphatic rings. The predicted molar refractivity (Wildman–Crippen MR) is 109 cm³/mol. The minimum absolute atomic E-state index is 0.172. The number of benzene rings is 2. The fourth-order valence-corrected chi connectivity index (χ4v) is 3.72. The Morgan fingerprint density at radius 2 is 2.00 bits per heavy atom. The number of rotatable bonds is 7. The molecule has 29 heavy (non-hydrogen) atoms. The third-order valence-electron chi connectivity index (χ3n) is 5.03. The van der Waals surface area contributed by atoms with Crippen molar-refractivity contribution in [3.05, 3.63) is 58.4 Å². The Balaban J connectivity index is 1.84. The van der Waals surface area contributed by atoms with Gasteiger partial charge in [-0.25, -0.2) is 4.39 Å². The smallest absolute Gasteiger partial charge is 0.310 e. The van der Waals surface area contributed by atoms with E-state index in [0.29, 0.717) is 30.0 Å². The maximum Gasteiger partial charge on any atom is 0.310 e. The van der Waals surface area contributed by atoms with Crippen molar-refractivity contribution in [1.82, 2.24) is 4.90 Å². The number of nitrogens with zero attached hydrogens (tertiary/aromatic N) is 1. The van der Waals surface area contributed by atoms with E-state index in [9.17, 15) is 14.3 Å². The molecular weight excluding hydrogens is 373 g/mol. The van der Waals surface area contributed by atoms with Crippen LogP contribution in [0.5, 0.6) is 11.5 Å². The molecule has 1 heterocycles. The first-order valence-corrected chi connectivity index (χ1v) is 9.69. The average Bonchev–Trinajstić information content (AvgIpc) is 2.92. The first-order chi connectivity index (χ1) is 13.6. The molecule has 0 bridgehead atoms. The third kappa shape index (κ3) is 4.88. The number of aliphatic carboxylic acids is 1. The molecule has 1 aliphatic heterocycles. The monoisotopic (exact) mass is 401 g/mol. The van der Waals surface area contributed by atoms with Crippen LogP contribution in [0, 0.1) is 5.82 Å². The van der Waals surface area contributed by atoms with Gasteiger partial charge in [-0.1, -0.05) is 6.07 Å². The summed E-state index contributed by atoms with van der Waals surface area (Å²) in [4.78, 5) is 13.4. The molecule has 0 amide bonds. The van der Waals surface area contributed by atoms with Crippen LogP contribution in [0.2, 0.25) is 0 Å². The van der Waals surface area contributed by atoms with Crippen LogP contribution in [0.3, 0.4) is 0 Å². The van der Waals surface area contributed by atoms with E-state index in [2.05, 4.69) is 0 Å². The summed E-state index contributed by atoms with van der Waals surface area (Å²) in [5.74, 6) is -0.475. The summed E-state index contributed by atoms with van der Waals surface area (Å²) >= 11 is 0. The van der Waals surface area contributed by atoms with Gasteiger partial charge in [-0.05, 0) is 70.3 Å². The highest BCUT2D eigenvalue weighted by Gasteiger charge is 2.32. The van der Waals surface area contributed by atoms with Gasteiger partial charge < -0.3 is 19.5 Å². The van der Waals surface area contributed by atoms with Crippen LogP contribution in [0.25, 0.3) is 0 Å². The molecule has 0 saturated heterocycles. The van der Waals surface area contributed by atoms with Crippen LogP contribution in [0.15, 0.2) is 30.3 Å². The first kappa shape index (κ1) is 21.1. The van der Waals surface area contributed by atoms with E-state index in [1.807, 2.05) is 38.9 Å². The summed E-state index contributed by atoms with van der Waals surface area (Å²) in [5.41, 5.74) is 2.81. The van der Waals surface area contributed by atoms with Gasteiger partial charge >= 0.3 is 5.97 Å². The van der Waals surface area contributed by atoms with Crippen molar-refractivity contribution in [2.24, 2.45) is 0 Å². The molecule has 0 saturated carbocycles. The minimum atomic E-state index is -0.867. The van der Waals surface area contributed by atoms with Gasteiger partial charge in [0, 0.05) is 24.1 Å². The molecule has 2 aromatic rings. The average molecular weight is 401 g/mol. The molecule has 5 nitrogen and oxygen atoms in total. The minimum Gasteiger partial charge on any atom is -0.489 e. The molecule has 0 fully saturated rings. The second-order valence-corrected chi connectivity index (χ2v) is 8.54. The molecule has 1 atom stereocenters. The molecular formula is C23H28FNO4. The Morgan fingerprint density at radius 1 is 1.28 bits per heavy atom. The van der Waals surface area contributed by atoms with E-state index in [0.717, 1.165) is 16.7 Å². The van der Waals surface area contributed by atoms with Gasteiger partial charge in [0.2, 0.25) is 0 Å². The lowest BCUT2D eigenvalue weighted by molar-refractivity contribution is -0.138. The van der Waals surface area contributed by atoms with Crippen LogP contribution in [0.4, 0.5) is 4.39 Å². The topological polar surface area (TPSA) is 59.0 Å². The maximum absolute atomic E-state index is 14.1. The van der Waals surface area contributed by atoms with E-state index >= 15 is 0 Å². The lowest BCUT2D eigenvalue weighted by Crippen LogP contribution is -2.25. The number of halogens is 1. The lowest BCUT2D eigenvalue weighted by Gasteiger charge is -2.19. The standard InChI is InChI=1S/C23H28FNO4/c1-14(22(26)27)20-7-6-19(10-16(20)12-25(4)5)28-13-17-9-18(24)8-15-11-23(2,3)29-21(15)17/h6-10,14H,11-13H2,1-5H3,(H,26,27). The molecule has 1 unspecified atom stereocenters. The Hall–Kier alpha value is -2.60. The van der Waals surface area contributed by atoms with Crippen LogP contribution < -0.4 is 9.47 Å². The fourth-order valence-electron chi connectivity index (χ4n) is 3.72. The number of carbonyl (C=O) groups is 1. The van der Waals surface area contributed by atoms with Crippen LogP contribution in [0.1, 0.15) is 48.9 Å². The van der Waals surface area contributed by atoms with E-state index in [1.54, 1.807) is 19.1 Å². The maximum atomic E-state index is 14.1. The summed E-state index contributed by atoms with van der Waals surface area (Å²) in [6.07, 6.45) is 0.655. The van der Waals surface area contributed by atoms with Crippen molar-refractivity contribution in [2.45, 2.75) is 51.9 Å². The van der Waals surface area contributed by atoms with E-state index in [4.69, 9.17) is 9.47 Å². The summed E-state index contributed by atoms with van der Waals surface area (Å²) in [5, 5.41) is 9.38. The highest BCUT2D eigenvalue weighted by molar-refractivity contribution is 5.76. The van der Waals surface area contributed by atoms with Crippen molar-refractivity contribution >= 4 is 5.97 Å². The molecule has 1 N–H and O–H groups in total. The molecule has 0 aliphatic carbocycles. The Kier molecular flexibility index (Phi) is 5.85. The van der Waals surface area contributed by atoms with Crippen molar-refractivity contribution in [3.63, 3.8) is 0 Å². The molecule has 2 aromatic carbocycles. The number of hydrogen-bond donors (Lipinski definition) is 1. The molecule has 6 heteroatoms. The normalized spacial score (nSPS) is 15.7. The molecule has 0 radical (unpaired) electrons. The highest BCUT2D eigenvalue weighted by Crippen LogP contribution is 2.39. The number of carboxylic acid groups (broad SMARTS) is 1. The number of carboxylic acids is 1. The quantitative estimate of drug-likeness (QED) is 0.747. The van der Waals surface area contributed by atoms with Gasteiger partial charge in [0.1, 0.15) is 29.5 Å². The zero-order valence-corrected chi connectivity index (χ0v) is 17.6. The molecule has 3 rings (SSSR count). The van der Waals surface area contributed by atoms with Gasteiger partial charge in [-0.3, -0.25) is 4.79 Å². The van der Waals surface area contributed by atoms with Crippen LogP contribution in [-0.4, -0.2) is 35.7 Å². The van der Waals surface area contributed by atoms with Gasteiger partial charge in [0.15, 0.2) is 0 Å². The number of hydrogen-bond acceptors (Lipinski definition) is 4. The number of fused-ring (bicyclic) bond motifs is 1. The Labute approximate surface area is 171 Å². The van der Waals surface area contributed by atoms with E-state index in [1.165, 1.54) is 12.1 Å². The van der Waals surface area contributed by atoms with Crippen molar-refractivity contribution in [2.75, 3.05) is 14.1 Å². The largest absolute Gasteiger partial charge is 0.489 e. The van der Waals surface area contributed by atoms with Crippen molar-refractivity contribution in [1.29, 1.82) is 0 Å². The summed E-state index contributed by atoms with van der Waals surface area (Å²) < 4.78 is 26.0. The van der Waals surface area contributed by atoms with Crippen LogP contribution in [-0.2, 0) is 24.4 Å². The van der Waals surface area contributed by atoms with Gasteiger partial charge in [0.05, 0.1) is 5.92 Å². The first-order valence-electron chi connectivity index (χ1n) is 9.69. The summed E-state index contributed by atoms with van der Waals surface area (Å²) in [7, 11) is 3.86.